The number of rotatable bonds is 7. The summed E-state index contributed by atoms with van der Waals surface area (Å²) in [7, 11) is 3.36. The molecule has 3 aromatic rings. The molecule has 0 spiro atoms. The van der Waals surface area contributed by atoms with E-state index < -0.39 is 0 Å². The second-order valence-corrected chi connectivity index (χ2v) is 8.62. The number of nitrogens with one attached hydrogen (secondary N) is 1. The van der Waals surface area contributed by atoms with Crippen molar-refractivity contribution in [2.24, 2.45) is 5.92 Å². The van der Waals surface area contributed by atoms with Gasteiger partial charge in [0.25, 0.3) is 0 Å². The van der Waals surface area contributed by atoms with Crippen LogP contribution in [0.1, 0.15) is 24.0 Å². The Balaban J connectivity index is 1.37. The Morgan fingerprint density at radius 2 is 1.76 bits per heavy atom. The minimum atomic E-state index is 0.0252. The molecule has 1 amide bonds. The summed E-state index contributed by atoms with van der Waals surface area (Å²) in [6.07, 6.45) is 1.73. The van der Waals surface area contributed by atoms with Gasteiger partial charge in [0.1, 0.15) is 11.5 Å². The summed E-state index contributed by atoms with van der Waals surface area (Å²) >= 11 is 0. The van der Waals surface area contributed by atoms with Gasteiger partial charge in [0.2, 0.25) is 5.91 Å². The molecule has 1 saturated heterocycles. The number of carbonyl (C=O) groups excluding carboxylic acids is 1. The Kier molecular flexibility index (Phi) is 7.30. The Hall–Kier alpha value is -3.31. The Morgan fingerprint density at radius 3 is 2.48 bits per heavy atom. The number of aryl methyl sites for hydroxylation is 1. The second kappa shape index (κ2) is 10.5. The fourth-order valence-electron chi connectivity index (χ4n) is 4.52. The van der Waals surface area contributed by atoms with Crippen molar-refractivity contribution in [3.8, 4) is 22.6 Å². The normalized spacial score (nSPS) is 14.6. The number of nitrogens with zero attached hydrogens (tertiary/aromatic N) is 1. The van der Waals surface area contributed by atoms with E-state index in [0.717, 1.165) is 66.4 Å². The van der Waals surface area contributed by atoms with Gasteiger partial charge in [-0.1, -0.05) is 42.5 Å². The Labute approximate surface area is 196 Å². The Bertz CT molecular complexity index is 1100. The molecule has 0 bridgehead atoms. The molecule has 0 radical (unpaired) electrons. The van der Waals surface area contributed by atoms with Crippen molar-refractivity contribution in [2.45, 2.75) is 26.3 Å². The van der Waals surface area contributed by atoms with Gasteiger partial charge in [-0.2, -0.15) is 0 Å². The monoisotopic (exact) mass is 444 g/mol. The van der Waals surface area contributed by atoms with Crippen molar-refractivity contribution in [1.82, 2.24) is 4.90 Å². The lowest BCUT2D eigenvalue weighted by Gasteiger charge is -2.31. The van der Waals surface area contributed by atoms with E-state index in [1.165, 1.54) is 5.56 Å². The van der Waals surface area contributed by atoms with Crippen LogP contribution in [0, 0.1) is 12.8 Å². The first-order valence-corrected chi connectivity index (χ1v) is 11.5. The highest BCUT2D eigenvalue weighted by Gasteiger charge is 2.25. The third-order valence-corrected chi connectivity index (χ3v) is 6.39. The van der Waals surface area contributed by atoms with Crippen LogP contribution in [0.5, 0.6) is 11.5 Å². The topological polar surface area (TPSA) is 50.8 Å². The molecule has 0 aliphatic carbocycles. The van der Waals surface area contributed by atoms with Gasteiger partial charge < -0.3 is 14.8 Å². The number of anilines is 1. The van der Waals surface area contributed by atoms with Gasteiger partial charge in [-0.15, -0.1) is 0 Å². The predicted molar refractivity (Wildman–Crippen MR) is 133 cm³/mol. The van der Waals surface area contributed by atoms with Crippen molar-refractivity contribution < 1.29 is 14.3 Å². The number of methoxy groups -OCH3 is 2. The summed E-state index contributed by atoms with van der Waals surface area (Å²) in [5.74, 6) is 1.85. The molecule has 0 aromatic heterocycles. The third-order valence-electron chi connectivity index (χ3n) is 6.39. The van der Waals surface area contributed by atoms with Gasteiger partial charge in [-0.3, -0.25) is 9.69 Å². The van der Waals surface area contributed by atoms with Gasteiger partial charge in [-0.25, -0.2) is 0 Å². The highest BCUT2D eigenvalue weighted by atomic mass is 16.5. The molecular weight excluding hydrogens is 412 g/mol. The summed E-state index contributed by atoms with van der Waals surface area (Å²) in [6, 6.07) is 22.2. The van der Waals surface area contributed by atoms with Gasteiger partial charge >= 0.3 is 0 Å². The number of amides is 1. The van der Waals surface area contributed by atoms with Crippen LogP contribution in [0.15, 0.2) is 66.7 Å². The molecule has 1 fully saturated rings. The smallest absolute Gasteiger partial charge is 0.227 e. The summed E-state index contributed by atoms with van der Waals surface area (Å²) < 4.78 is 10.7. The van der Waals surface area contributed by atoms with E-state index in [9.17, 15) is 4.79 Å². The number of piperidine rings is 1. The molecule has 5 heteroatoms. The van der Waals surface area contributed by atoms with Crippen LogP contribution in [0.4, 0.5) is 5.69 Å². The van der Waals surface area contributed by atoms with E-state index in [2.05, 4.69) is 29.3 Å². The van der Waals surface area contributed by atoms with E-state index in [1.54, 1.807) is 14.2 Å². The SMILES string of the molecule is COc1cccc(-c2ccccc2NC(=O)C2CCN(Cc3ccc(OC)c(C)c3)CC2)c1. The predicted octanol–water partition coefficient (Wildman–Crippen LogP) is 5.53. The van der Waals surface area contributed by atoms with E-state index in [-0.39, 0.29) is 11.8 Å². The van der Waals surface area contributed by atoms with E-state index >= 15 is 0 Å². The number of likely N-dealkylation sites (tertiary alicyclic amines) is 1. The first-order valence-electron chi connectivity index (χ1n) is 11.5. The lowest BCUT2D eigenvalue weighted by atomic mass is 9.95. The van der Waals surface area contributed by atoms with Gasteiger partial charge in [0, 0.05) is 23.7 Å². The van der Waals surface area contributed by atoms with Crippen LogP contribution >= 0.6 is 0 Å². The zero-order chi connectivity index (χ0) is 23.2. The molecule has 1 N–H and O–H groups in total. The molecule has 5 nitrogen and oxygen atoms in total. The second-order valence-electron chi connectivity index (χ2n) is 8.62. The standard InChI is InChI=1S/C28H32N2O3/c1-20-17-21(11-12-27(20)33-3)19-30-15-13-22(14-16-30)28(31)29-26-10-5-4-9-25(26)23-7-6-8-24(18-23)32-2/h4-12,17-18,22H,13-16,19H2,1-3H3,(H,29,31). The molecule has 0 unspecified atom stereocenters. The summed E-state index contributed by atoms with van der Waals surface area (Å²) in [4.78, 5) is 15.5. The maximum absolute atomic E-state index is 13.1. The van der Waals surface area contributed by atoms with Crippen LogP contribution in [0.3, 0.4) is 0 Å². The number of carbonyl (C=O) groups is 1. The highest BCUT2D eigenvalue weighted by Crippen LogP contribution is 2.31. The van der Waals surface area contributed by atoms with E-state index in [1.807, 2.05) is 54.6 Å². The largest absolute Gasteiger partial charge is 0.497 e. The fourth-order valence-corrected chi connectivity index (χ4v) is 4.52. The lowest BCUT2D eigenvalue weighted by Crippen LogP contribution is -2.37. The van der Waals surface area contributed by atoms with Crippen molar-refractivity contribution in [3.63, 3.8) is 0 Å². The van der Waals surface area contributed by atoms with E-state index in [0.29, 0.717) is 0 Å². The van der Waals surface area contributed by atoms with Crippen molar-refractivity contribution in [2.75, 3.05) is 32.6 Å². The maximum atomic E-state index is 13.1. The molecule has 4 rings (SSSR count). The average Bonchev–Trinajstić information content (AvgIpc) is 2.85. The number of benzene rings is 3. The van der Waals surface area contributed by atoms with Crippen LogP contribution in [0.25, 0.3) is 11.1 Å². The third kappa shape index (κ3) is 5.55. The molecule has 3 aromatic carbocycles. The molecular formula is C28H32N2O3. The lowest BCUT2D eigenvalue weighted by molar-refractivity contribution is -0.121. The number of hydrogen-bond acceptors (Lipinski definition) is 4. The van der Waals surface area contributed by atoms with Crippen LogP contribution in [0.2, 0.25) is 0 Å². The molecule has 0 saturated carbocycles. The molecule has 33 heavy (non-hydrogen) atoms. The first-order chi connectivity index (χ1) is 16.1. The molecule has 1 heterocycles. The molecule has 0 atom stereocenters. The molecule has 1 aliphatic heterocycles. The zero-order valence-electron chi connectivity index (χ0n) is 19.6. The van der Waals surface area contributed by atoms with Crippen molar-refractivity contribution in [3.05, 3.63) is 77.9 Å². The number of ether oxygens (including phenoxy) is 2. The van der Waals surface area contributed by atoms with Crippen LogP contribution in [-0.4, -0.2) is 38.1 Å². The highest BCUT2D eigenvalue weighted by molar-refractivity contribution is 5.96. The Morgan fingerprint density at radius 1 is 0.970 bits per heavy atom. The average molecular weight is 445 g/mol. The maximum Gasteiger partial charge on any atom is 0.227 e. The summed E-state index contributed by atoms with van der Waals surface area (Å²) in [6.45, 7) is 4.81. The van der Waals surface area contributed by atoms with Gasteiger partial charge in [0.15, 0.2) is 0 Å². The first kappa shape index (κ1) is 22.9. The molecule has 172 valence electrons. The van der Waals surface area contributed by atoms with Crippen LogP contribution < -0.4 is 14.8 Å². The number of hydrogen-bond donors (Lipinski definition) is 1. The van der Waals surface area contributed by atoms with Crippen LogP contribution in [-0.2, 0) is 11.3 Å². The van der Waals surface area contributed by atoms with Gasteiger partial charge in [0.05, 0.1) is 14.2 Å². The summed E-state index contributed by atoms with van der Waals surface area (Å²) in [5, 5.41) is 3.19. The van der Waals surface area contributed by atoms with Crippen molar-refractivity contribution in [1.29, 1.82) is 0 Å². The van der Waals surface area contributed by atoms with Crippen molar-refractivity contribution >= 4 is 11.6 Å². The minimum Gasteiger partial charge on any atom is -0.497 e. The van der Waals surface area contributed by atoms with Gasteiger partial charge in [-0.05, 0) is 73.8 Å². The zero-order valence-corrected chi connectivity index (χ0v) is 19.6. The summed E-state index contributed by atoms with van der Waals surface area (Å²) in [5.41, 5.74) is 5.29. The minimum absolute atomic E-state index is 0.0252. The quantitative estimate of drug-likeness (QED) is 0.521. The number of para-hydroxylation sites is 1. The van der Waals surface area contributed by atoms with E-state index in [4.69, 9.17) is 9.47 Å². The molecule has 1 aliphatic rings. The fraction of sp³-hybridized carbons (Fsp3) is 0.321.